The second-order valence-electron chi connectivity index (χ2n) is 4.40. The van der Waals surface area contributed by atoms with Crippen LogP contribution in [0.25, 0.3) is 11.3 Å². The van der Waals surface area contributed by atoms with Gasteiger partial charge in [-0.15, -0.1) is 0 Å². The molecule has 2 aromatic rings. The first kappa shape index (κ1) is 13.4. The number of rotatable bonds is 4. The molecule has 0 fully saturated rings. The van der Waals surface area contributed by atoms with Crippen molar-refractivity contribution in [1.29, 1.82) is 0 Å². The van der Waals surface area contributed by atoms with Crippen LogP contribution in [0.3, 0.4) is 0 Å². The lowest BCUT2D eigenvalue weighted by molar-refractivity contribution is 0.575. The number of hydrogen-bond donors (Lipinski definition) is 2. The fourth-order valence-corrected chi connectivity index (χ4v) is 1.99. The Bertz CT molecular complexity index is 535. The molecule has 0 saturated carbocycles. The van der Waals surface area contributed by atoms with Gasteiger partial charge >= 0.3 is 0 Å². The Morgan fingerprint density at radius 2 is 2.11 bits per heavy atom. The standard InChI is InChI=1S/C13H15Cl2N3/c1-8(2)16-7-13-17-6-12(18-13)10-5-9(14)3-4-11(10)15/h3-6,8,16H,7H2,1-2H3,(H,17,18). The van der Waals surface area contributed by atoms with Crippen LogP contribution < -0.4 is 5.32 Å². The highest BCUT2D eigenvalue weighted by Crippen LogP contribution is 2.29. The maximum absolute atomic E-state index is 6.15. The zero-order chi connectivity index (χ0) is 13.1. The number of benzene rings is 1. The summed E-state index contributed by atoms with van der Waals surface area (Å²) in [7, 11) is 0. The lowest BCUT2D eigenvalue weighted by Crippen LogP contribution is -2.22. The average molecular weight is 284 g/mol. The third-order valence-electron chi connectivity index (χ3n) is 2.52. The van der Waals surface area contributed by atoms with Gasteiger partial charge in [-0.05, 0) is 18.2 Å². The average Bonchev–Trinajstić information content (AvgIpc) is 2.78. The van der Waals surface area contributed by atoms with E-state index >= 15 is 0 Å². The van der Waals surface area contributed by atoms with Gasteiger partial charge in [0.15, 0.2) is 0 Å². The summed E-state index contributed by atoms with van der Waals surface area (Å²) in [6.45, 7) is 4.89. The van der Waals surface area contributed by atoms with Crippen molar-refractivity contribution in [3.8, 4) is 11.3 Å². The molecule has 0 bridgehead atoms. The summed E-state index contributed by atoms with van der Waals surface area (Å²) < 4.78 is 0. The van der Waals surface area contributed by atoms with Gasteiger partial charge in [-0.1, -0.05) is 37.0 Å². The van der Waals surface area contributed by atoms with E-state index in [2.05, 4.69) is 29.1 Å². The summed E-state index contributed by atoms with van der Waals surface area (Å²) in [4.78, 5) is 7.55. The van der Waals surface area contributed by atoms with Crippen LogP contribution in [-0.4, -0.2) is 16.0 Å². The molecule has 0 aliphatic rings. The Morgan fingerprint density at radius 1 is 1.33 bits per heavy atom. The molecule has 5 heteroatoms. The van der Waals surface area contributed by atoms with Crippen LogP contribution >= 0.6 is 23.2 Å². The second-order valence-corrected chi connectivity index (χ2v) is 5.25. The molecular formula is C13H15Cl2N3. The van der Waals surface area contributed by atoms with Gasteiger partial charge in [0.1, 0.15) is 5.82 Å². The van der Waals surface area contributed by atoms with Crippen LogP contribution in [-0.2, 0) is 6.54 Å². The molecule has 1 heterocycles. The number of aromatic nitrogens is 2. The number of halogens is 2. The third-order valence-corrected chi connectivity index (χ3v) is 3.09. The Morgan fingerprint density at radius 3 is 2.83 bits per heavy atom. The first-order valence-corrected chi connectivity index (χ1v) is 6.54. The zero-order valence-corrected chi connectivity index (χ0v) is 11.8. The van der Waals surface area contributed by atoms with Gasteiger partial charge in [0, 0.05) is 16.6 Å². The SMILES string of the molecule is CC(C)NCc1ncc(-c2cc(Cl)ccc2Cl)[nH]1. The van der Waals surface area contributed by atoms with Gasteiger partial charge < -0.3 is 10.3 Å². The van der Waals surface area contributed by atoms with Crippen molar-refractivity contribution in [2.45, 2.75) is 26.4 Å². The maximum Gasteiger partial charge on any atom is 0.120 e. The van der Waals surface area contributed by atoms with Crippen molar-refractivity contribution in [2.75, 3.05) is 0 Å². The Hall–Kier alpha value is -1.03. The summed E-state index contributed by atoms with van der Waals surface area (Å²) in [6, 6.07) is 5.81. The fourth-order valence-electron chi connectivity index (χ4n) is 1.59. The molecule has 2 rings (SSSR count). The molecule has 0 aliphatic carbocycles. The van der Waals surface area contributed by atoms with Gasteiger partial charge in [0.2, 0.25) is 0 Å². The van der Waals surface area contributed by atoms with Gasteiger partial charge in [0.05, 0.1) is 23.5 Å². The number of imidazole rings is 1. The molecule has 0 unspecified atom stereocenters. The minimum Gasteiger partial charge on any atom is -0.341 e. The monoisotopic (exact) mass is 283 g/mol. The molecular weight excluding hydrogens is 269 g/mol. The molecule has 0 radical (unpaired) electrons. The molecule has 2 N–H and O–H groups in total. The molecule has 3 nitrogen and oxygen atoms in total. The lowest BCUT2D eigenvalue weighted by Gasteiger charge is -2.05. The van der Waals surface area contributed by atoms with Crippen molar-refractivity contribution in [3.63, 3.8) is 0 Å². The van der Waals surface area contributed by atoms with E-state index in [4.69, 9.17) is 23.2 Å². The van der Waals surface area contributed by atoms with Crippen LogP contribution in [0.1, 0.15) is 19.7 Å². The van der Waals surface area contributed by atoms with E-state index < -0.39 is 0 Å². The summed E-state index contributed by atoms with van der Waals surface area (Å²) in [5, 5.41) is 4.62. The van der Waals surface area contributed by atoms with Crippen molar-refractivity contribution in [1.82, 2.24) is 15.3 Å². The number of hydrogen-bond acceptors (Lipinski definition) is 2. The van der Waals surface area contributed by atoms with Crippen molar-refractivity contribution >= 4 is 23.2 Å². The first-order chi connectivity index (χ1) is 8.56. The maximum atomic E-state index is 6.15. The molecule has 96 valence electrons. The van der Waals surface area contributed by atoms with Gasteiger partial charge in [-0.25, -0.2) is 4.98 Å². The summed E-state index contributed by atoms with van der Waals surface area (Å²) in [6.07, 6.45) is 1.77. The largest absolute Gasteiger partial charge is 0.341 e. The van der Waals surface area contributed by atoms with E-state index in [-0.39, 0.29) is 0 Å². The molecule has 0 spiro atoms. The molecule has 1 aromatic heterocycles. The van der Waals surface area contributed by atoms with Crippen LogP contribution in [0.4, 0.5) is 0 Å². The third kappa shape index (κ3) is 3.25. The van der Waals surface area contributed by atoms with Gasteiger partial charge in [0.25, 0.3) is 0 Å². The van der Waals surface area contributed by atoms with Gasteiger partial charge in [-0.3, -0.25) is 0 Å². The smallest absolute Gasteiger partial charge is 0.120 e. The number of aromatic amines is 1. The first-order valence-electron chi connectivity index (χ1n) is 5.79. The Labute approximate surface area is 117 Å². The highest BCUT2D eigenvalue weighted by atomic mass is 35.5. The quantitative estimate of drug-likeness (QED) is 0.894. The molecule has 18 heavy (non-hydrogen) atoms. The molecule has 0 amide bonds. The fraction of sp³-hybridized carbons (Fsp3) is 0.308. The van der Waals surface area contributed by atoms with Crippen LogP contribution in [0, 0.1) is 0 Å². The van der Waals surface area contributed by atoms with Crippen LogP contribution in [0.2, 0.25) is 10.0 Å². The molecule has 0 saturated heterocycles. The van der Waals surface area contributed by atoms with E-state index in [1.54, 1.807) is 18.3 Å². The van der Waals surface area contributed by atoms with E-state index in [1.807, 2.05) is 6.07 Å². The number of H-pyrrole nitrogens is 1. The Balaban J connectivity index is 2.21. The summed E-state index contributed by atoms with van der Waals surface area (Å²) in [5.41, 5.74) is 1.75. The Kier molecular flexibility index (Phi) is 4.27. The highest BCUT2D eigenvalue weighted by molar-refractivity contribution is 6.35. The summed E-state index contributed by atoms with van der Waals surface area (Å²) in [5.74, 6) is 0.884. The van der Waals surface area contributed by atoms with Gasteiger partial charge in [-0.2, -0.15) is 0 Å². The predicted molar refractivity (Wildman–Crippen MR) is 76.0 cm³/mol. The minimum absolute atomic E-state index is 0.424. The number of nitrogens with one attached hydrogen (secondary N) is 2. The lowest BCUT2D eigenvalue weighted by atomic mass is 10.2. The van der Waals surface area contributed by atoms with Crippen molar-refractivity contribution in [2.24, 2.45) is 0 Å². The van der Waals surface area contributed by atoms with E-state index in [0.717, 1.165) is 17.1 Å². The van der Waals surface area contributed by atoms with E-state index in [9.17, 15) is 0 Å². The van der Waals surface area contributed by atoms with Crippen LogP contribution in [0.15, 0.2) is 24.4 Å². The topological polar surface area (TPSA) is 40.7 Å². The summed E-state index contributed by atoms with van der Waals surface area (Å²) >= 11 is 12.1. The normalized spacial score (nSPS) is 11.2. The molecule has 0 aliphatic heterocycles. The predicted octanol–water partition coefficient (Wildman–Crippen LogP) is 3.88. The number of nitrogens with zero attached hydrogens (tertiary/aromatic N) is 1. The second kappa shape index (κ2) is 5.74. The van der Waals surface area contributed by atoms with Crippen molar-refractivity contribution in [3.05, 3.63) is 40.3 Å². The highest BCUT2D eigenvalue weighted by Gasteiger charge is 2.08. The molecule has 1 aromatic carbocycles. The van der Waals surface area contributed by atoms with Crippen molar-refractivity contribution < 1.29 is 0 Å². The van der Waals surface area contributed by atoms with E-state index in [1.165, 1.54) is 0 Å². The van der Waals surface area contributed by atoms with E-state index in [0.29, 0.717) is 22.6 Å². The molecule has 0 atom stereocenters. The zero-order valence-electron chi connectivity index (χ0n) is 10.3. The minimum atomic E-state index is 0.424. The van der Waals surface area contributed by atoms with Crippen LogP contribution in [0.5, 0.6) is 0 Å².